The van der Waals surface area contributed by atoms with Crippen LogP contribution in [0.3, 0.4) is 0 Å². The summed E-state index contributed by atoms with van der Waals surface area (Å²) >= 11 is 1.65. The first-order valence-corrected chi connectivity index (χ1v) is 7.40. The van der Waals surface area contributed by atoms with Crippen LogP contribution in [0.25, 0.3) is 0 Å². The molecule has 7 heteroatoms. The lowest BCUT2D eigenvalue weighted by atomic mass is 10.3. The van der Waals surface area contributed by atoms with Crippen molar-refractivity contribution in [1.82, 2.24) is 15.5 Å². The summed E-state index contributed by atoms with van der Waals surface area (Å²) < 4.78 is 10.4. The maximum Gasteiger partial charge on any atom is 0.227 e. The van der Waals surface area contributed by atoms with Gasteiger partial charge in [-0.25, -0.2) is 0 Å². The van der Waals surface area contributed by atoms with E-state index in [0.717, 1.165) is 4.88 Å². The van der Waals surface area contributed by atoms with Crippen LogP contribution in [-0.4, -0.2) is 41.0 Å². The minimum Gasteiger partial charge on any atom is -0.389 e. The Morgan fingerprint density at radius 3 is 3.15 bits per heavy atom. The lowest BCUT2D eigenvalue weighted by Gasteiger charge is -2.11. The fourth-order valence-corrected chi connectivity index (χ4v) is 2.30. The Kier molecular flexibility index (Phi) is 6.13. The molecule has 0 aliphatic heterocycles. The summed E-state index contributed by atoms with van der Waals surface area (Å²) in [5.74, 6) is 1.25. The first kappa shape index (κ1) is 15.1. The summed E-state index contributed by atoms with van der Waals surface area (Å²) in [6.45, 7) is 3.83. The molecular weight excluding hydrogens is 278 g/mol. The molecule has 2 aromatic rings. The van der Waals surface area contributed by atoms with Crippen molar-refractivity contribution in [1.29, 1.82) is 0 Å². The Balaban J connectivity index is 1.50. The van der Waals surface area contributed by atoms with Gasteiger partial charge in [-0.3, -0.25) is 0 Å². The molecule has 6 nitrogen and oxygen atoms in total. The topological polar surface area (TPSA) is 80.4 Å². The predicted molar refractivity (Wildman–Crippen MR) is 75.6 cm³/mol. The van der Waals surface area contributed by atoms with Crippen molar-refractivity contribution >= 4 is 11.3 Å². The number of aliphatic hydroxyl groups excluding tert-OH is 1. The van der Waals surface area contributed by atoms with E-state index in [1.807, 2.05) is 17.5 Å². The van der Waals surface area contributed by atoms with Crippen molar-refractivity contribution < 1.29 is 14.4 Å². The lowest BCUT2D eigenvalue weighted by Crippen LogP contribution is -2.31. The molecule has 1 atom stereocenters. The van der Waals surface area contributed by atoms with E-state index >= 15 is 0 Å². The number of ether oxygens (including phenoxy) is 1. The second-order valence-corrected chi connectivity index (χ2v) is 5.47. The standard InChI is InChI=1S/C13H19N3O3S/c1-10-15-13(19-16-10)4-5-14-7-11(17)8-18-9-12-3-2-6-20-12/h2-3,6,11,14,17H,4-5,7-9H2,1H3. The number of hydrogen-bond acceptors (Lipinski definition) is 7. The second-order valence-electron chi connectivity index (χ2n) is 4.44. The highest BCUT2D eigenvalue weighted by molar-refractivity contribution is 7.09. The van der Waals surface area contributed by atoms with Gasteiger partial charge in [0.1, 0.15) is 0 Å². The van der Waals surface area contributed by atoms with Crippen molar-refractivity contribution in [3.63, 3.8) is 0 Å². The van der Waals surface area contributed by atoms with Crippen LogP contribution in [0.4, 0.5) is 0 Å². The fourth-order valence-electron chi connectivity index (χ4n) is 1.65. The Bertz CT molecular complexity index is 487. The summed E-state index contributed by atoms with van der Waals surface area (Å²) in [6, 6.07) is 4.00. The van der Waals surface area contributed by atoms with Crippen LogP contribution < -0.4 is 5.32 Å². The molecule has 2 rings (SSSR count). The Morgan fingerprint density at radius 2 is 2.45 bits per heavy atom. The Labute approximate surface area is 121 Å². The molecule has 110 valence electrons. The summed E-state index contributed by atoms with van der Waals surface area (Å²) in [5.41, 5.74) is 0. The van der Waals surface area contributed by atoms with E-state index in [-0.39, 0.29) is 0 Å². The van der Waals surface area contributed by atoms with Crippen LogP contribution in [0, 0.1) is 6.92 Å². The molecule has 0 bridgehead atoms. The number of hydrogen-bond donors (Lipinski definition) is 2. The van der Waals surface area contributed by atoms with E-state index < -0.39 is 6.10 Å². The quantitative estimate of drug-likeness (QED) is 0.676. The zero-order chi connectivity index (χ0) is 14.2. The van der Waals surface area contributed by atoms with Gasteiger partial charge in [0.15, 0.2) is 5.82 Å². The molecule has 0 spiro atoms. The van der Waals surface area contributed by atoms with Crippen LogP contribution in [0.5, 0.6) is 0 Å². The maximum absolute atomic E-state index is 9.74. The van der Waals surface area contributed by atoms with Gasteiger partial charge in [0.2, 0.25) is 5.89 Å². The van der Waals surface area contributed by atoms with Crippen molar-refractivity contribution in [2.24, 2.45) is 0 Å². The molecule has 0 radical (unpaired) electrons. The number of aryl methyl sites for hydroxylation is 1. The van der Waals surface area contributed by atoms with E-state index in [1.165, 1.54) is 0 Å². The molecule has 0 amide bonds. The van der Waals surface area contributed by atoms with Gasteiger partial charge in [0, 0.05) is 24.4 Å². The molecule has 1 unspecified atom stereocenters. The van der Waals surface area contributed by atoms with Crippen molar-refractivity contribution in [2.75, 3.05) is 19.7 Å². The third-order valence-electron chi connectivity index (χ3n) is 2.60. The van der Waals surface area contributed by atoms with Crippen LogP contribution >= 0.6 is 11.3 Å². The highest BCUT2D eigenvalue weighted by Crippen LogP contribution is 2.09. The highest BCUT2D eigenvalue weighted by Gasteiger charge is 2.06. The van der Waals surface area contributed by atoms with Crippen molar-refractivity contribution in [3.8, 4) is 0 Å². The van der Waals surface area contributed by atoms with Crippen LogP contribution in [0.1, 0.15) is 16.6 Å². The number of aliphatic hydroxyl groups is 1. The normalized spacial score (nSPS) is 12.7. The van der Waals surface area contributed by atoms with Gasteiger partial charge in [0.25, 0.3) is 0 Å². The molecular formula is C13H19N3O3S. The molecule has 0 fully saturated rings. The van der Waals surface area contributed by atoms with E-state index in [4.69, 9.17) is 9.26 Å². The van der Waals surface area contributed by atoms with E-state index in [9.17, 15) is 5.11 Å². The average Bonchev–Trinajstić information content (AvgIpc) is 3.06. The smallest absolute Gasteiger partial charge is 0.227 e. The predicted octanol–water partition coefficient (Wildman–Crippen LogP) is 1.15. The zero-order valence-corrected chi connectivity index (χ0v) is 12.2. The monoisotopic (exact) mass is 297 g/mol. The second kappa shape index (κ2) is 8.11. The minimum atomic E-state index is -0.514. The number of thiophene rings is 1. The molecule has 0 saturated carbocycles. The maximum atomic E-state index is 9.74. The average molecular weight is 297 g/mol. The number of nitrogens with one attached hydrogen (secondary N) is 1. The number of nitrogens with zero attached hydrogens (tertiary/aromatic N) is 2. The molecule has 2 heterocycles. The van der Waals surface area contributed by atoms with Gasteiger partial charge in [-0.15, -0.1) is 11.3 Å². The van der Waals surface area contributed by atoms with Gasteiger partial charge < -0.3 is 19.7 Å². The highest BCUT2D eigenvalue weighted by atomic mass is 32.1. The van der Waals surface area contributed by atoms with Gasteiger partial charge in [-0.05, 0) is 18.4 Å². The third kappa shape index (κ3) is 5.38. The van der Waals surface area contributed by atoms with Crippen molar-refractivity contribution in [2.45, 2.75) is 26.1 Å². The third-order valence-corrected chi connectivity index (χ3v) is 3.45. The Morgan fingerprint density at radius 1 is 1.55 bits per heavy atom. The van der Waals surface area contributed by atoms with E-state index in [1.54, 1.807) is 18.3 Å². The zero-order valence-electron chi connectivity index (χ0n) is 11.4. The summed E-state index contributed by atoms with van der Waals surface area (Å²) in [7, 11) is 0. The molecule has 0 saturated heterocycles. The number of rotatable bonds is 9. The van der Waals surface area contributed by atoms with Gasteiger partial charge in [0.05, 0.1) is 19.3 Å². The van der Waals surface area contributed by atoms with E-state index in [0.29, 0.717) is 44.4 Å². The summed E-state index contributed by atoms with van der Waals surface area (Å²) in [4.78, 5) is 5.27. The van der Waals surface area contributed by atoms with Gasteiger partial charge in [-0.1, -0.05) is 11.2 Å². The van der Waals surface area contributed by atoms with Crippen molar-refractivity contribution in [3.05, 3.63) is 34.1 Å². The SMILES string of the molecule is Cc1noc(CCNCC(O)COCc2cccs2)n1. The van der Waals surface area contributed by atoms with Crippen LogP contribution in [0.2, 0.25) is 0 Å². The molecule has 0 aromatic carbocycles. The van der Waals surface area contributed by atoms with Crippen LogP contribution in [-0.2, 0) is 17.8 Å². The molecule has 0 aliphatic carbocycles. The fraction of sp³-hybridized carbons (Fsp3) is 0.538. The minimum absolute atomic E-state index is 0.324. The van der Waals surface area contributed by atoms with E-state index in [2.05, 4.69) is 15.5 Å². The first-order valence-electron chi connectivity index (χ1n) is 6.52. The largest absolute Gasteiger partial charge is 0.389 e. The molecule has 2 N–H and O–H groups in total. The van der Waals surface area contributed by atoms with Crippen LogP contribution in [0.15, 0.2) is 22.0 Å². The summed E-state index contributed by atoms with van der Waals surface area (Å²) in [6.07, 6.45) is 0.142. The molecule has 0 aliphatic rings. The molecule has 2 aromatic heterocycles. The van der Waals surface area contributed by atoms with Gasteiger partial charge >= 0.3 is 0 Å². The van der Waals surface area contributed by atoms with Gasteiger partial charge in [-0.2, -0.15) is 4.98 Å². The lowest BCUT2D eigenvalue weighted by molar-refractivity contribution is 0.0299. The Hall–Kier alpha value is -1.28. The molecule has 20 heavy (non-hydrogen) atoms. The number of aromatic nitrogens is 2. The summed E-state index contributed by atoms with van der Waals surface area (Å²) in [5, 5.41) is 18.6. The first-order chi connectivity index (χ1) is 9.74.